The molecule has 1 aromatic heterocycles. The Hall–Kier alpha value is -4.96. The van der Waals surface area contributed by atoms with Gasteiger partial charge in [-0.1, -0.05) is 92.7 Å². The Morgan fingerprint density at radius 3 is 2.33 bits per heavy atom. The zero-order chi connectivity index (χ0) is 26.7. The van der Waals surface area contributed by atoms with E-state index >= 15 is 0 Å². The molecule has 2 N–H and O–H groups in total. The van der Waals surface area contributed by atoms with Gasteiger partial charge in [0.05, 0.1) is 23.3 Å². The van der Waals surface area contributed by atoms with Gasteiger partial charge in [0.1, 0.15) is 11.5 Å². The predicted octanol–water partition coefficient (Wildman–Crippen LogP) is 8.52. The smallest absolute Gasteiger partial charge is 0.125 e. The molecule has 4 heteroatoms. The van der Waals surface area contributed by atoms with Gasteiger partial charge in [-0.25, -0.2) is 4.98 Å². The number of aliphatic imine (C=N–C) groups is 1. The van der Waals surface area contributed by atoms with Crippen LogP contribution < -0.4 is 0 Å². The minimum absolute atomic E-state index is 0.193. The number of aromatic hydroxyl groups is 2. The number of hydrogen-bond acceptors (Lipinski definition) is 4. The summed E-state index contributed by atoms with van der Waals surface area (Å²) >= 11 is 0. The molecule has 0 saturated heterocycles. The van der Waals surface area contributed by atoms with E-state index in [9.17, 15) is 10.2 Å². The third kappa shape index (κ3) is 3.52. The van der Waals surface area contributed by atoms with Crippen LogP contribution in [-0.4, -0.2) is 21.4 Å². The molecule has 7 rings (SSSR count). The Labute approximate surface area is 226 Å². The largest absolute Gasteiger partial charge is 0.507 e. The van der Waals surface area contributed by atoms with Crippen molar-refractivity contribution in [2.24, 2.45) is 4.99 Å². The van der Waals surface area contributed by atoms with E-state index in [1.807, 2.05) is 60.7 Å². The average Bonchev–Trinajstić information content (AvgIpc) is 3.18. The van der Waals surface area contributed by atoms with Gasteiger partial charge in [-0.3, -0.25) is 4.99 Å². The summed E-state index contributed by atoms with van der Waals surface area (Å²) in [4.78, 5) is 9.88. The first-order valence-electron chi connectivity index (χ1n) is 13.0. The van der Waals surface area contributed by atoms with Crippen LogP contribution in [0.25, 0.3) is 43.9 Å². The highest BCUT2D eigenvalue weighted by molar-refractivity contribution is 6.04. The third-order valence-electron chi connectivity index (χ3n) is 7.91. The van der Waals surface area contributed by atoms with E-state index < -0.39 is 0 Å². The summed E-state index contributed by atoms with van der Waals surface area (Å²) in [6.07, 6.45) is 1.76. The summed E-state index contributed by atoms with van der Waals surface area (Å²) in [6.45, 7) is 4.41. The molecule has 6 aromatic rings. The molecule has 0 unspecified atom stereocenters. The molecule has 4 nitrogen and oxygen atoms in total. The van der Waals surface area contributed by atoms with E-state index in [0.29, 0.717) is 22.5 Å². The molecule has 0 saturated carbocycles. The normalized spacial score (nSPS) is 13.7. The zero-order valence-corrected chi connectivity index (χ0v) is 21.7. The van der Waals surface area contributed by atoms with Gasteiger partial charge in [-0.2, -0.15) is 0 Å². The first-order chi connectivity index (χ1) is 18.9. The van der Waals surface area contributed by atoms with Crippen molar-refractivity contribution in [1.82, 2.24) is 4.98 Å². The second-order valence-corrected chi connectivity index (χ2v) is 10.6. The quantitative estimate of drug-likeness (QED) is 0.236. The molecular formula is C35H26N2O2. The van der Waals surface area contributed by atoms with E-state index in [1.54, 1.807) is 18.3 Å². The lowest BCUT2D eigenvalue weighted by atomic mass is 9.79. The monoisotopic (exact) mass is 506 g/mol. The molecule has 1 aliphatic carbocycles. The summed E-state index contributed by atoms with van der Waals surface area (Å²) < 4.78 is 0. The van der Waals surface area contributed by atoms with Crippen LogP contribution in [0, 0.1) is 0 Å². The summed E-state index contributed by atoms with van der Waals surface area (Å²) in [5, 5.41) is 25.4. The molecule has 1 heterocycles. The molecular weight excluding hydrogens is 480 g/mol. The summed E-state index contributed by atoms with van der Waals surface area (Å²) in [7, 11) is 0. The first-order valence-corrected chi connectivity index (χ1v) is 13.0. The van der Waals surface area contributed by atoms with E-state index in [0.717, 1.165) is 32.8 Å². The number of hydrogen-bond donors (Lipinski definition) is 2. The maximum atomic E-state index is 11.3. The number of aromatic nitrogens is 1. The maximum absolute atomic E-state index is 11.3. The molecule has 0 radical (unpaired) electrons. The molecule has 0 spiro atoms. The van der Waals surface area contributed by atoms with E-state index in [2.05, 4.69) is 44.2 Å². The Balaban J connectivity index is 1.45. The molecule has 5 aromatic carbocycles. The lowest BCUT2D eigenvalue weighted by Crippen LogP contribution is -2.16. The van der Waals surface area contributed by atoms with E-state index in [1.165, 1.54) is 11.1 Å². The first kappa shape index (κ1) is 23.2. The van der Waals surface area contributed by atoms with Gasteiger partial charge in [0.15, 0.2) is 0 Å². The topological polar surface area (TPSA) is 65.7 Å². The molecule has 188 valence electrons. The number of benzene rings is 5. The molecule has 39 heavy (non-hydrogen) atoms. The summed E-state index contributed by atoms with van der Waals surface area (Å²) in [6, 6.07) is 33.6. The Kier molecular flexibility index (Phi) is 5.07. The fraction of sp³-hybridized carbons (Fsp3) is 0.0857. The van der Waals surface area contributed by atoms with Crippen molar-refractivity contribution in [2.45, 2.75) is 19.3 Å². The fourth-order valence-electron chi connectivity index (χ4n) is 6.11. The minimum atomic E-state index is -0.304. The summed E-state index contributed by atoms with van der Waals surface area (Å²) in [5.41, 5.74) is 7.14. The number of rotatable bonds is 3. The van der Waals surface area contributed by atoms with Crippen LogP contribution in [0.3, 0.4) is 0 Å². The van der Waals surface area contributed by atoms with Crippen molar-refractivity contribution in [3.63, 3.8) is 0 Å². The lowest BCUT2D eigenvalue weighted by molar-refractivity contribution is 0.475. The number of phenolic OH excluding ortho intramolecular Hbond substituents is 2. The number of pyridine rings is 1. The van der Waals surface area contributed by atoms with Crippen LogP contribution in [0.5, 0.6) is 11.5 Å². The van der Waals surface area contributed by atoms with Gasteiger partial charge < -0.3 is 10.2 Å². The second kappa shape index (κ2) is 8.53. The fourth-order valence-corrected chi connectivity index (χ4v) is 6.11. The second-order valence-electron chi connectivity index (χ2n) is 10.6. The minimum Gasteiger partial charge on any atom is -0.507 e. The predicted molar refractivity (Wildman–Crippen MR) is 159 cm³/mol. The molecule has 0 amide bonds. The highest BCUT2D eigenvalue weighted by atomic mass is 16.3. The number of phenols is 2. The highest BCUT2D eigenvalue weighted by Crippen LogP contribution is 2.54. The van der Waals surface area contributed by atoms with Crippen LogP contribution in [-0.2, 0) is 5.41 Å². The van der Waals surface area contributed by atoms with Crippen molar-refractivity contribution in [1.29, 1.82) is 0 Å². The Bertz CT molecular complexity index is 1970. The van der Waals surface area contributed by atoms with Crippen molar-refractivity contribution < 1.29 is 10.2 Å². The Morgan fingerprint density at radius 1 is 0.718 bits per heavy atom. The van der Waals surface area contributed by atoms with Gasteiger partial charge >= 0.3 is 0 Å². The third-order valence-corrected chi connectivity index (χ3v) is 7.91. The van der Waals surface area contributed by atoms with Crippen molar-refractivity contribution >= 4 is 33.4 Å². The standard InChI is InChI=1S/C35H26N2O2/c1-35(2)26-14-6-5-13-24(26)25-17-18-31(39)33(34(25)35)28-19-22-9-3-4-12-23(22)29(37-28)20-36-27-15-7-10-21-11-8-16-30(38)32(21)27/h3-20,38-39H,1-2H3. The van der Waals surface area contributed by atoms with Crippen molar-refractivity contribution in [3.05, 3.63) is 120 Å². The van der Waals surface area contributed by atoms with E-state index in [4.69, 9.17) is 9.98 Å². The van der Waals surface area contributed by atoms with Gasteiger partial charge in [0, 0.05) is 21.8 Å². The molecule has 0 atom stereocenters. The lowest BCUT2D eigenvalue weighted by Gasteiger charge is -2.25. The Morgan fingerprint density at radius 2 is 1.46 bits per heavy atom. The van der Waals surface area contributed by atoms with Crippen LogP contribution in [0.2, 0.25) is 0 Å². The number of nitrogens with zero attached hydrogens (tertiary/aromatic N) is 2. The van der Waals surface area contributed by atoms with Gasteiger partial charge in [-0.15, -0.1) is 0 Å². The SMILES string of the molecule is CC1(C)c2ccccc2-c2ccc(O)c(-c3cc4ccccc4c(C=Nc4cccc5cccc(O)c45)n3)c21. The van der Waals surface area contributed by atoms with Gasteiger partial charge in [0.2, 0.25) is 0 Å². The van der Waals surface area contributed by atoms with E-state index in [-0.39, 0.29) is 16.9 Å². The highest BCUT2D eigenvalue weighted by Gasteiger charge is 2.38. The van der Waals surface area contributed by atoms with Gasteiger partial charge in [0.25, 0.3) is 0 Å². The average molecular weight is 507 g/mol. The van der Waals surface area contributed by atoms with Crippen LogP contribution in [0.15, 0.2) is 108 Å². The van der Waals surface area contributed by atoms with Crippen molar-refractivity contribution in [3.8, 4) is 33.9 Å². The van der Waals surface area contributed by atoms with Crippen LogP contribution in [0.1, 0.15) is 30.7 Å². The van der Waals surface area contributed by atoms with Crippen molar-refractivity contribution in [2.75, 3.05) is 0 Å². The molecule has 0 fully saturated rings. The zero-order valence-electron chi connectivity index (χ0n) is 21.7. The van der Waals surface area contributed by atoms with Gasteiger partial charge in [-0.05, 0) is 57.3 Å². The molecule has 0 bridgehead atoms. The summed E-state index contributed by atoms with van der Waals surface area (Å²) in [5.74, 6) is 0.401. The molecule has 1 aliphatic rings. The number of fused-ring (bicyclic) bond motifs is 5. The van der Waals surface area contributed by atoms with Crippen LogP contribution in [0.4, 0.5) is 5.69 Å². The maximum Gasteiger partial charge on any atom is 0.125 e. The molecule has 0 aliphatic heterocycles. The van der Waals surface area contributed by atoms with Crippen LogP contribution >= 0.6 is 0 Å².